The Bertz CT molecular complexity index is 649. The molecule has 0 aromatic heterocycles. The van der Waals surface area contributed by atoms with Crippen molar-refractivity contribution in [2.75, 3.05) is 34.8 Å². The smallest absolute Gasteiger partial charge is 0.228 e. The van der Waals surface area contributed by atoms with Gasteiger partial charge in [0.1, 0.15) is 0 Å². The van der Waals surface area contributed by atoms with Gasteiger partial charge in [0, 0.05) is 24.5 Å². The van der Waals surface area contributed by atoms with Gasteiger partial charge in [0.15, 0.2) is 9.84 Å². The van der Waals surface area contributed by atoms with E-state index in [0.717, 1.165) is 18.8 Å². The van der Waals surface area contributed by atoms with Crippen LogP contribution in [0.25, 0.3) is 0 Å². The maximum atomic E-state index is 12.3. The molecule has 2 aliphatic rings. The first-order chi connectivity index (χ1) is 11.0. The Morgan fingerprint density at radius 1 is 1.04 bits per heavy atom. The average molecular weight is 336 g/mol. The van der Waals surface area contributed by atoms with E-state index in [-0.39, 0.29) is 17.4 Å². The minimum absolute atomic E-state index is 0.0231. The van der Waals surface area contributed by atoms with Crippen molar-refractivity contribution in [3.8, 4) is 0 Å². The highest BCUT2D eigenvalue weighted by Gasteiger charge is 2.29. The maximum Gasteiger partial charge on any atom is 0.228 e. The van der Waals surface area contributed by atoms with Crippen molar-refractivity contribution in [2.45, 2.75) is 32.1 Å². The fraction of sp³-hybridized carbons (Fsp3) is 0.588. The predicted octanol–water partition coefficient (Wildman–Crippen LogP) is 2.44. The highest BCUT2D eigenvalue weighted by atomic mass is 32.2. The summed E-state index contributed by atoms with van der Waals surface area (Å²) in [7, 11) is -3.06. The summed E-state index contributed by atoms with van der Waals surface area (Å²) in [6, 6.07) is 7.86. The molecule has 3 rings (SSSR count). The Morgan fingerprint density at radius 3 is 2.39 bits per heavy atom. The van der Waals surface area contributed by atoms with Crippen molar-refractivity contribution >= 4 is 27.1 Å². The zero-order valence-corrected chi connectivity index (χ0v) is 14.1. The molecule has 2 aliphatic heterocycles. The number of carbonyl (C=O) groups is 1. The largest absolute Gasteiger partial charge is 0.372 e. The summed E-state index contributed by atoms with van der Waals surface area (Å²) in [4.78, 5) is 14.6. The topological polar surface area (TPSA) is 66.5 Å². The molecule has 5 nitrogen and oxygen atoms in total. The van der Waals surface area contributed by atoms with E-state index in [2.05, 4.69) is 10.2 Å². The molecule has 0 radical (unpaired) electrons. The van der Waals surface area contributed by atoms with E-state index in [1.807, 2.05) is 24.3 Å². The van der Waals surface area contributed by atoms with Gasteiger partial charge >= 0.3 is 0 Å². The maximum absolute atomic E-state index is 12.3. The minimum Gasteiger partial charge on any atom is -0.372 e. The molecule has 1 aromatic rings. The first-order valence-corrected chi connectivity index (χ1v) is 10.2. The number of nitrogens with zero attached hydrogens (tertiary/aromatic N) is 1. The summed E-state index contributed by atoms with van der Waals surface area (Å²) < 4.78 is 23.3. The van der Waals surface area contributed by atoms with Gasteiger partial charge in [-0.25, -0.2) is 8.42 Å². The van der Waals surface area contributed by atoms with Gasteiger partial charge in [0.2, 0.25) is 5.91 Å². The second-order valence-electron chi connectivity index (χ2n) is 6.54. The summed E-state index contributed by atoms with van der Waals surface area (Å²) >= 11 is 0. The van der Waals surface area contributed by atoms with Crippen LogP contribution in [0.2, 0.25) is 0 Å². The molecular weight excluding hydrogens is 312 g/mol. The van der Waals surface area contributed by atoms with Crippen molar-refractivity contribution in [3.05, 3.63) is 24.3 Å². The van der Waals surface area contributed by atoms with Gasteiger partial charge < -0.3 is 10.2 Å². The molecular formula is C17H24N2O3S. The monoisotopic (exact) mass is 336 g/mol. The van der Waals surface area contributed by atoms with Gasteiger partial charge in [-0.2, -0.15) is 0 Å². The lowest BCUT2D eigenvalue weighted by Crippen LogP contribution is -2.34. The lowest BCUT2D eigenvalue weighted by molar-refractivity contribution is -0.119. The molecule has 1 N–H and O–H groups in total. The van der Waals surface area contributed by atoms with Crippen molar-refractivity contribution in [3.63, 3.8) is 0 Å². The molecule has 6 heteroatoms. The summed E-state index contributed by atoms with van der Waals surface area (Å²) in [5.74, 6) is -0.416. The lowest BCUT2D eigenvalue weighted by atomic mass is 10.0. The normalized spacial score (nSPS) is 24.2. The lowest BCUT2D eigenvalue weighted by Gasteiger charge is -2.29. The molecule has 2 heterocycles. The number of nitrogens with one attached hydrogen (secondary N) is 1. The Labute approximate surface area is 138 Å². The van der Waals surface area contributed by atoms with Crippen LogP contribution in [-0.4, -0.2) is 38.9 Å². The van der Waals surface area contributed by atoms with Crippen LogP contribution in [0.5, 0.6) is 0 Å². The molecule has 0 saturated carbocycles. The van der Waals surface area contributed by atoms with E-state index in [4.69, 9.17) is 0 Å². The molecule has 23 heavy (non-hydrogen) atoms. The Balaban J connectivity index is 1.60. The molecule has 2 fully saturated rings. The number of anilines is 2. The minimum atomic E-state index is -3.06. The quantitative estimate of drug-likeness (QED) is 0.921. The standard InChI is InChI=1S/C17H24N2O3S/c20-17(14-5-4-12-23(21,22)13-14)18-15-6-8-16(9-7-15)19-10-2-1-3-11-19/h6-9,14H,1-5,10-13H2,(H,18,20). The van der Waals surface area contributed by atoms with Crippen LogP contribution >= 0.6 is 0 Å². The second-order valence-corrected chi connectivity index (χ2v) is 8.77. The van der Waals surface area contributed by atoms with Crippen LogP contribution in [0.4, 0.5) is 11.4 Å². The van der Waals surface area contributed by atoms with E-state index in [1.54, 1.807) is 0 Å². The molecule has 0 bridgehead atoms. The third-order valence-corrected chi connectivity index (χ3v) is 6.51. The van der Waals surface area contributed by atoms with Gasteiger partial charge in [-0.15, -0.1) is 0 Å². The Kier molecular flexibility index (Phi) is 4.90. The first kappa shape index (κ1) is 16.3. The zero-order chi connectivity index (χ0) is 16.3. The van der Waals surface area contributed by atoms with Crippen LogP contribution in [-0.2, 0) is 14.6 Å². The van der Waals surface area contributed by atoms with Gasteiger partial charge in [-0.1, -0.05) is 0 Å². The molecule has 1 amide bonds. The van der Waals surface area contributed by atoms with Gasteiger partial charge in [0.25, 0.3) is 0 Å². The van der Waals surface area contributed by atoms with Crippen molar-refractivity contribution < 1.29 is 13.2 Å². The third kappa shape index (κ3) is 4.25. The van der Waals surface area contributed by atoms with E-state index >= 15 is 0 Å². The number of carbonyl (C=O) groups excluding carboxylic acids is 1. The van der Waals surface area contributed by atoms with E-state index in [9.17, 15) is 13.2 Å². The fourth-order valence-corrected chi connectivity index (χ4v) is 5.09. The number of sulfone groups is 1. The molecule has 1 atom stereocenters. The summed E-state index contributed by atoms with van der Waals surface area (Å²) in [6.45, 7) is 2.18. The van der Waals surface area contributed by atoms with Crippen LogP contribution in [0.1, 0.15) is 32.1 Å². The van der Waals surface area contributed by atoms with Crippen LogP contribution in [0.15, 0.2) is 24.3 Å². The first-order valence-electron chi connectivity index (χ1n) is 8.40. The summed E-state index contributed by atoms with van der Waals surface area (Å²) in [5, 5.41) is 2.86. The predicted molar refractivity (Wildman–Crippen MR) is 92.5 cm³/mol. The number of rotatable bonds is 3. The van der Waals surface area contributed by atoms with Crippen LogP contribution < -0.4 is 10.2 Å². The second kappa shape index (κ2) is 6.91. The molecule has 1 aromatic carbocycles. The fourth-order valence-electron chi connectivity index (χ4n) is 3.38. The molecule has 1 unspecified atom stereocenters. The molecule has 126 valence electrons. The Hall–Kier alpha value is -1.56. The SMILES string of the molecule is O=C(Nc1ccc(N2CCCCC2)cc1)C1CCCS(=O)(=O)C1. The molecule has 0 aliphatic carbocycles. The summed E-state index contributed by atoms with van der Waals surface area (Å²) in [6.07, 6.45) is 4.99. The van der Waals surface area contributed by atoms with E-state index < -0.39 is 15.8 Å². The summed E-state index contributed by atoms with van der Waals surface area (Å²) in [5.41, 5.74) is 1.92. The Morgan fingerprint density at radius 2 is 1.74 bits per heavy atom. The van der Waals surface area contributed by atoms with Crippen LogP contribution in [0.3, 0.4) is 0 Å². The van der Waals surface area contributed by atoms with Crippen molar-refractivity contribution in [1.82, 2.24) is 0 Å². The molecule has 0 spiro atoms. The number of hydrogen-bond acceptors (Lipinski definition) is 4. The van der Waals surface area contributed by atoms with Gasteiger partial charge in [-0.3, -0.25) is 4.79 Å². The van der Waals surface area contributed by atoms with Crippen molar-refractivity contribution in [1.29, 1.82) is 0 Å². The zero-order valence-electron chi connectivity index (χ0n) is 13.3. The van der Waals surface area contributed by atoms with Gasteiger partial charge in [-0.05, 0) is 56.4 Å². The van der Waals surface area contributed by atoms with E-state index in [0.29, 0.717) is 12.8 Å². The third-order valence-electron chi connectivity index (χ3n) is 4.69. The van der Waals surface area contributed by atoms with Crippen LogP contribution in [0, 0.1) is 5.92 Å². The average Bonchev–Trinajstić information content (AvgIpc) is 2.55. The van der Waals surface area contributed by atoms with Crippen molar-refractivity contribution in [2.24, 2.45) is 5.92 Å². The van der Waals surface area contributed by atoms with Gasteiger partial charge in [0.05, 0.1) is 17.4 Å². The highest BCUT2D eigenvalue weighted by Crippen LogP contribution is 2.23. The number of amides is 1. The number of piperidine rings is 1. The highest BCUT2D eigenvalue weighted by molar-refractivity contribution is 7.91. The van der Waals surface area contributed by atoms with E-state index in [1.165, 1.54) is 24.9 Å². The number of benzene rings is 1. The molecule has 2 saturated heterocycles. The number of hydrogen-bond donors (Lipinski definition) is 1.